The third-order valence-corrected chi connectivity index (χ3v) is 3.09. The molecular formula is C13H18N2O2. The van der Waals surface area contributed by atoms with Crippen LogP contribution in [0.5, 0.6) is 5.75 Å². The van der Waals surface area contributed by atoms with Crippen LogP contribution in [0.4, 0.5) is 0 Å². The molecule has 1 fully saturated rings. The lowest BCUT2D eigenvalue weighted by Crippen LogP contribution is -2.21. The Labute approximate surface area is 101 Å². The first-order valence-corrected chi connectivity index (χ1v) is 5.83. The zero-order chi connectivity index (χ0) is 12.3. The van der Waals surface area contributed by atoms with Gasteiger partial charge in [-0.2, -0.15) is 0 Å². The van der Waals surface area contributed by atoms with Crippen molar-refractivity contribution in [1.29, 1.82) is 5.41 Å². The largest absolute Gasteiger partial charge is 0.496 e. The lowest BCUT2D eigenvalue weighted by atomic mass is 9.96. The molecular weight excluding hydrogens is 216 g/mol. The van der Waals surface area contributed by atoms with E-state index in [-0.39, 0.29) is 5.84 Å². The second-order valence-corrected chi connectivity index (χ2v) is 4.31. The summed E-state index contributed by atoms with van der Waals surface area (Å²) in [6.07, 6.45) is 4.04. The van der Waals surface area contributed by atoms with Crippen LogP contribution in [0.15, 0.2) is 18.2 Å². The van der Waals surface area contributed by atoms with Crippen molar-refractivity contribution in [3.63, 3.8) is 0 Å². The number of nitrogen functional groups attached to an aromatic ring is 1. The second kappa shape index (κ2) is 5.19. The Bertz CT molecular complexity index is 414. The maximum absolute atomic E-state index is 7.43. The summed E-state index contributed by atoms with van der Waals surface area (Å²) in [5.41, 5.74) is 7.14. The van der Waals surface area contributed by atoms with E-state index in [0.29, 0.717) is 24.0 Å². The van der Waals surface area contributed by atoms with Gasteiger partial charge in [0.25, 0.3) is 0 Å². The predicted molar refractivity (Wildman–Crippen MR) is 66.4 cm³/mol. The minimum absolute atomic E-state index is 0.0216. The third kappa shape index (κ3) is 2.77. The summed E-state index contributed by atoms with van der Waals surface area (Å²) in [6, 6.07) is 5.62. The number of hydrogen-bond acceptors (Lipinski definition) is 3. The fourth-order valence-corrected chi connectivity index (χ4v) is 1.80. The molecule has 92 valence electrons. The third-order valence-electron chi connectivity index (χ3n) is 3.09. The number of nitrogens with two attached hydrogens (primary N) is 1. The van der Waals surface area contributed by atoms with Crippen molar-refractivity contribution >= 4 is 5.84 Å². The second-order valence-electron chi connectivity index (χ2n) is 4.31. The van der Waals surface area contributed by atoms with Gasteiger partial charge in [0.2, 0.25) is 0 Å². The van der Waals surface area contributed by atoms with Crippen molar-refractivity contribution < 1.29 is 9.47 Å². The van der Waals surface area contributed by atoms with E-state index in [1.54, 1.807) is 13.2 Å². The Balaban J connectivity index is 2.04. The summed E-state index contributed by atoms with van der Waals surface area (Å²) in [6.45, 7) is 0.596. The zero-order valence-electron chi connectivity index (χ0n) is 10.0. The molecule has 4 nitrogen and oxygen atoms in total. The first-order valence-electron chi connectivity index (χ1n) is 5.83. The molecule has 0 amide bonds. The van der Waals surface area contributed by atoms with E-state index >= 15 is 0 Å². The maximum atomic E-state index is 7.43. The standard InChI is InChI=1S/C13H18N2O2/c1-16-12-7-9(5-6-11(12)13(14)15)8-17-10-3-2-4-10/h5-7,10H,2-4,8H2,1H3,(H3,14,15). The Hall–Kier alpha value is -1.55. The highest BCUT2D eigenvalue weighted by Gasteiger charge is 2.18. The predicted octanol–water partition coefficient (Wildman–Crippen LogP) is 2.05. The van der Waals surface area contributed by atoms with Crippen molar-refractivity contribution in [2.24, 2.45) is 5.73 Å². The Morgan fingerprint density at radius 1 is 1.47 bits per heavy atom. The van der Waals surface area contributed by atoms with Gasteiger partial charge in [-0.3, -0.25) is 5.41 Å². The van der Waals surface area contributed by atoms with E-state index in [2.05, 4.69) is 0 Å². The van der Waals surface area contributed by atoms with E-state index in [4.69, 9.17) is 20.6 Å². The van der Waals surface area contributed by atoms with Crippen LogP contribution in [0.3, 0.4) is 0 Å². The highest BCUT2D eigenvalue weighted by atomic mass is 16.5. The summed E-state index contributed by atoms with van der Waals surface area (Å²) >= 11 is 0. The van der Waals surface area contributed by atoms with Crippen LogP contribution < -0.4 is 10.5 Å². The van der Waals surface area contributed by atoms with Crippen LogP contribution in [0.25, 0.3) is 0 Å². The lowest BCUT2D eigenvalue weighted by Gasteiger charge is -2.25. The van der Waals surface area contributed by atoms with Gasteiger partial charge in [0.1, 0.15) is 11.6 Å². The first-order chi connectivity index (χ1) is 8.20. The van der Waals surface area contributed by atoms with Crippen LogP contribution in [0.2, 0.25) is 0 Å². The molecule has 17 heavy (non-hydrogen) atoms. The number of benzene rings is 1. The van der Waals surface area contributed by atoms with Crippen molar-refractivity contribution in [3.05, 3.63) is 29.3 Å². The van der Waals surface area contributed by atoms with Gasteiger partial charge in [-0.05, 0) is 37.0 Å². The average Bonchev–Trinajstić information content (AvgIpc) is 2.26. The van der Waals surface area contributed by atoms with Crippen molar-refractivity contribution in [1.82, 2.24) is 0 Å². The number of ether oxygens (including phenoxy) is 2. The Morgan fingerprint density at radius 3 is 2.76 bits per heavy atom. The van der Waals surface area contributed by atoms with E-state index in [9.17, 15) is 0 Å². The summed E-state index contributed by atoms with van der Waals surface area (Å²) in [5, 5.41) is 7.43. The summed E-state index contributed by atoms with van der Waals surface area (Å²) in [5.74, 6) is 0.653. The average molecular weight is 234 g/mol. The molecule has 0 spiro atoms. The molecule has 1 aromatic carbocycles. The molecule has 1 aliphatic carbocycles. The molecule has 1 saturated carbocycles. The summed E-state index contributed by atoms with van der Waals surface area (Å²) in [4.78, 5) is 0. The van der Waals surface area contributed by atoms with Crippen LogP contribution in [0.1, 0.15) is 30.4 Å². The normalized spacial score (nSPS) is 15.4. The van der Waals surface area contributed by atoms with Gasteiger partial charge in [-0.15, -0.1) is 0 Å². The summed E-state index contributed by atoms with van der Waals surface area (Å²) < 4.78 is 10.9. The molecule has 0 aliphatic heterocycles. The molecule has 2 rings (SSSR count). The van der Waals surface area contributed by atoms with E-state index in [1.165, 1.54) is 19.3 Å². The number of amidine groups is 1. The van der Waals surface area contributed by atoms with E-state index < -0.39 is 0 Å². The number of nitrogens with one attached hydrogen (secondary N) is 1. The molecule has 0 unspecified atom stereocenters. The minimum Gasteiger partial charge on any atom is -0.496 e. The fourth-order valence-electron chi connectivity index (χ4n) is 1.80. The number of rotatable bonds is 5. The molecule has 0 radical (unpaired) electrons. The van der Waals surface area contributed by atoms with Gasteiger partial charge >= 0.3 is 0 Å². The fraction of sp³-hybridized carbons (Fsp3) is 0.462. The Kier molecular flexibility index (Phi) is 3.64. The minimum atomic E-state index is 0.0216. The molecule has 1 aliphatic rings. The highest BCUT2D eigenvalue weighted by Crippen LogP contribution is 2.25. The topological polar surface area (TPSA) is 68.3 Å². The molecule has 3 N–H and O–H groups in total. The monoisotopic (exact) mass is 234 g/mol. The maximum Gasteiger partial charge on any atom is 0.130 e. The summed E-state index contributed by atoms with van der Waals surface area (Å²) in [7, 11) is 1.58. The number of hydrogen-bond donors (Lipinski definition) is 2. The molecule has 0 heterocycles. The number of methoxy groups -OCH3 is 1. The van der Waals surface area contributed by atoms with Gasteiger partial charge in [-0.1, -0.05) is 6.07 Å². The smallest absolute Gasteiger partial charge is 0.130 e. The van der Waals surface area contributed by atoms with Crippen molar-refractivity contribution in [2.75, 3.05) is 7.11 Å². The Morgan fingerprint density at radius 2 is 2.24 bits per heavy atom. The van der Waals surface area contributed by atoms with Gasteiger partial charge in [0.15, 0.2) is 0 Å². The van der Waals surface area contributed by atoms with Gasteiger partial charge in [0, 0.05) is 0 Å². The molecule has 0 atom stereocenters. The van der Waals surface area contributed by atoms with Gasteiger partial charge < -0.3 is 15.2 Å². The van der Waals surface area contributed by atoms with Crippen molar-refractivity contribution in [2.45, 2.75) is 32.0 Å². The van der Waals surface area contributed by atoms with Crippen LogP contribution in [-0.2, 0) is 11.3 Å². The van der Waals surface area contributed by atoms with E-state index in [0.717, 1.165) is 5.56 Å². The van der Waals surface area contributed by atoms with Crippen LogP contribution in [0, 0.1) is 5.41 Å². The van der Waals surface area contributed by atoms with Crippen molar-refractivity contribution in [3.8, 4) is 5.75 Å². The molecule has 0 aromatic heterocycles. The zero-order valence-corrected chi connectivity index (χ0v) is 10.0. The van der Waals surface area contributed by atoms with Gasteiger partial charge in [-0.25, -0.2) is 0 Å². The molecule has 1 aromatic rings. The first kappa shape index (κ1) is 11.9. The molecule has 4 heteroatoms. The van der Waals surface area contributed by atoms with Gasteiger partial charge in [0.05, 0.1) is 25.4 Å². The quantitative estimate of drug-likeness (QED) is 0.605. The molecule has 0 saturated heterocycles. The van der Waals surface area contributed by atoms with Crippen LogP contribution >= 0.6 is 0 Å². The highest BCUT2D eigenvalue weighted by molar-refractivity contribution is 5.97. The van der Waals surface area contributed by atoms with E-state index in [1.807, 2.05) is 12.1 Å². The lowest BCUT2D eigenvalue weighted by molar-refractivity contribution is -0.00871. The SMILES string of the molecule is COc1cc(COC2CCC2)ccc1C(=N)N. The molecule has 0 bridgehead atoms. The van der Waals surface area contributed by atoms with Crippen LogP contribution in [-0.4, -0.2) is 19.0 Å².